The first-order chi connectivity index (χ1) is 12.0. The van der Waals surface area contributed by atoms with Crippen LogP contribution in [0.4, 0.5) is 4.79 Å². The van der Waals surface area contributed by atoms with Crippen molar-refractivity contribution in [1.82, 2.24) is 15.4 Å². The number of ether oxygens (including phenoxy) is 1. The van der Waals surface area contributed by atoms with E-state index in [9.17, 15) is 13.8 Å². The van der Waals surface area contributed by atoms with Gasteiger partial charge in [0.15, 0.2) is 0 Å². The van der Waals surface area contributed by atoms with Gasteiger partial charge in [0.05, 0.1) is 16.5 Å². The molecule has 1 aliphatic carbocycles. The van der Waals surface area contributed by atoms with Crippen LogP contribution in [-0.2, 0) is 15.8 Å². The second-order valence-corrected chi connectivity index (χ2v) is 8.02. The smallest absolute Gasteiger partial charge is 0.315 e. The number of halogens is 1. The minimum absolute atomic E-state index is 0.122. The molecule has 9 heteroatoms. The van der Waals surface area contributed by atoms with E-state index in [-0.39, 0.29) is 5.92 Å². The molecule has 25 heavy (non-hydrogen) atoms. The number of hydrogen-bond donors (Lipinski definition) is 3. The predicted molar refractivity (Wildman–Crippen MR) is 98.8 cm³/mol. The predicted octanol–water partition coefficient (Wildman–Crippen LogP) is 1.74. The maximum absolute atomic E-state index is 12.5. The van der Waals surface area contributed by atoms with Crippen molar-refractivity contribution >= 4 is 39.2 Å². The normalized spacial score (nSPS) is 23.7. The first-order valence-corrected chi connectivity index (χ1v) is 9.85. The van der Waals surface area contributed by atoms with E-state index >= 15 is 0 Å². The third-order valence-electron chi connectivity index (χ3n) is 4.45. The quantitative estimate of drug-likeness (QED) is 0.572. The molecule has 0 saturated heterocycles. The van der Waals surface area contributed by atoms with Crippen molar-refractivity contribution in [2.24, 2.45) is 5.92 Å². The maximum Gasteiger partial charge on any atom is 0.315 e. The van der Waals surface area contributed by atoms with Gasteiger partial charge in [-0.25, -0.2) is 13.7 Å². The monoisotopic (exact) mass is 431 g/mol. The fourth-order valence-corrected chi connectivity index (χ4v) is 4.36. The van der Waals surface area contributed by atoms with Gasteiger partial charge in [-0.05, 0) is 47.0 Å². The Balaban J connectivity index is 2.05. The molecule has 0 aromatic heterocycles. The van der Waals surface area contributed by atoms with Gasteiger partial charge in [-0.1, -0.05) is 6.42 Å². The molecule has 0 aliphatic heterocycles. The number of amides is 2. The van der Waals surface area contributed by atoms with Crippen LogP contribution in [0.3, 0.4) is 0 Å². The summed E-state index contributed by atoms with van der Waals surface area (Å²) < 4.78 is 21.5. The lowest BCUT2D eigenvalue weighted by Gasteiger charge is -2.31. The van der Waals surface area contributed by atoms with Crippen LogP contribution in [-0.4, -0.2) is 42.8 Å². The van der Waals surface area contributed by atoms with Crippen LogP contribution < -0.4 is 20.1 Å². The highest BCUT2D eigenvalue weighted by Crippen LogP contribution is 2.34. The van der Waals surface area contributed by atoms with Crippen LogP contribution in [0.5, 0.6) is 5.75 Å². The van der Waals surface area contributed by atoms with E-state index in [0.717, 1.165) is 23.6 Å². The van der Waals surface area contributed by atoms with Crippen molar-refractivity contribution in [3.63, 3.8) is 0 Å². The van der Waals surface area contributed by atoms with E-state index in [1.807, 2.05) is 0 Å². The van der Waals surface area contributed by atoms with Gasteiger partial charge < -0.3 is 20.2 Å². The summed E-state index contributed by atoms with van der Waals surface area (Å²) in [4.78, 5) is 23.9. The second-order valence-electron chi connectivity index (χ2n) is 5.87. The van der Waals surface area contributed by atoms with E-state index < -0.39 is 22.6 Å². The van der Waals surface area contributed by atoms with Gasteiger partial charge in [-0.2, -0.15) is 0 Å². The summed E-state index contributed by atoms with van der Waals surface area (Å²) in [6.45, 7) is 0.355. The van der Waals surface area contributed by atoms with E-state index in [1.54, 1.807) is 25.3 Å². The van der Waals surface area contributed by atoms with Crippen molar-refractivity contribution in [3.8, 4) is 5.75 Å². The molecule has 2 amide bonds. The Bertz CT molecular complexity index is 673. The molecular weight excluding hydrogens is 410 g/mol. The summed E-state index contributed by atoms with van der Waals surface area (Å²) >= 11 is 3.36. The standard InChI is InChI=1S/C16H22BrN3O4S/c1-18-15(22)20-16(10-21)7-3-4-11(16)9-19-25(23)12-5-6-13(17)14(8-12)24-2/h5-6,8,10-11,19H,3-4,7,9H2,1-2H3,(H2,18,20,22). The van der Waals surface area contributed by atoms with Gasteiger partial charge in [0, 0.05) is 19.5 Å². The maximum atomic E-state index is 12.5. The van der Waals surface area contributed by atoms with Gasteiger partial charge in [0.2, 0.25) is 0 Å². The first-order valence-electron chi connectivity index (χ1n) is 7.91. The Morgan fingerprint density at radius 1 is 1.52 bits per heavy atom. The molecule has 3 N–H and O–H groups in total. The van der Waals surface area contributed by atoms with Crippen LogP contribution >= 0.6 is 15.9 Å². The summed E-state index contributed by atoms with van der Waals surface area (Å²) in [6.07, 6.45) is 2.98. The molecule has 1 aromatic rings. The SMILES string of the molecule is CNC(=O)NC1(C=O)CCCC1CNS(=O)c1ccc(Br)c(OC)c1. The highest BCUT2D eigenvalue weighted by Gasteiger charge is 2.44. The van der Waals surface area contributed by atoms with E-state index in [4.69, 9.17) is 4.74 Å². The van der Waals surface area contributed by atoms with Gasteiger partial charge in [0.25, 0.3) is 0 Å². The number of nitrogens with one attached hydrogen (secondary N) is 3. The highest BCUT2D eigenvalue weighted by molar-refractivity contribution is 9.10. The lowest BCUT2D eigenvalue weighted by Crippen LogP contribution is -2.56. The van der Waals surface area contributed by atoms with E-state index in [0.29, 0.717) is 23.6 Å². The van der Waals surface area contributed by atoms with Crippen LogP contribution in [0, 0.1) is 5.92 Å². The molecule has 0 radical (unpaired) electrons. The Labute approximate surface area is 158 Å². The summed E-state index contributed by atoms with van der Waals surface area (Å²) in [5.74, 6) is 0.473. The highest BCUT2D eigenvalue weighted by atomic mass is 79.9. The molecule has 2 rings (SSSR count). The summed E-state index contributed by atoms with van der Waals surface area (Å²) in [7, 11) is 1.60. The van der Waals surface area contributed by atoms with E-state index in [2.05, 4.69) is 31.3 Å². The largest absolute Gasteiger partial charge is 0.496 e. The van der Waals surface area contributed by atoms with Crippen LogP contribution in [0.25, 0.3) is 0 Å². The molecule has 0 heterocycles. The van der Waals surface area contributed by atoms with Crippen molar-refractivity contribution < 1.29 is 18.5 Å². The zero-order valence-electron chi connectivity index (χ0n) is 14.1. The Morgan fingerprint density at radius 2 is 2.28 bits per heavy atom. The van der Waals surface area contributed by atoms with Gasteiger partial charge in [-0.15, -0.1) is 0 Å². The first kappa shape index (κ1) is 19.9. The number of methoxy groups -OCH3 is 1. The van der Waals surface area contributed by atoms with E-state index in [1.165, 1.54) is 7.05 Å². The van der Waals surface area contributed by atoms with Crippen molar-refractivity contribution in [1.29, 1.82) is 0 Å². The minimum Gasteiger partial charge on any atom is -0.496 e. The third kappa shape index (κ3) is 4.59. The number of urea groups is 1. The summed E-state index contributed by atoms with van der Waals surface area (Å²) in [5, 5.41) is 5.22. The molecule has 3 unspecified atom stereocenters. The molecule has 3 atom stereocenters. The lowest BCUT2D eigenvalue weighted by molar-refractivity contribution is -0.114. The number of aldehydes is 1. The van der Waals surface area contributed by atoms with Gasteiger partial charge in [0.1, 0.15) is 28.6 Å². The minimum atomic E-state index is -1.44. The van der Waals surface area contributed by atoms with Crippen LogP contribution in [0.2, 0.25) is 0 Å². The van der Waals surface area contributed by atoms with Crippen molar-refractivity contribution in [2.45, 2.75) is 29.7 Å². The number of carbonyl (C=O) groups is 2. The zero-order valence-corrected chi connectivity index (χ0v) is 16.5. The molecule has 0 spiro atoms. The Hall–Kier alpha value is -1.45. The van der Waals surface area contributed by atoms with Crippen LogP contribution in [0.15, 0.2) is 27.6 Å². The third-order valence-corrected chi connectivity index (χ3v) is 6.22. The number of benzene rings is 1. The van der Waals surface area contributed by atoms with Crippen molar-refractivity contribution in [2.75, 3.05) is 20.7 Å². The van der Waals surface area contributed by atoms with Crippen molar-refractivity contribution in [3.05, 3.63) is 22.7 Å². The molecule has 1 aromatic carbocycles. The molecule has 1 aliphatic rings. The Kier molecular flexibility index (Phi) is 6.97. The fourth-order valence-electron chi connectivity index (χ4n) is 3.02. The topological polar surface area (TPSA) is 96.5 Å². The Morgan fingerprint density at radius 3 is 2.92 bits per heavy atom. The lowest BCUT2D eigenvalue weighted by atomic mass is 9.88. The number of hydrogen-bond acceptors (Lipinski definition) is 4. The summed E-state index contributed by atoms with van der Waals surface area (Å²) in [5.41, 5.74) is -0.922. The molecule has 1 saturated carbocycles. The van der Waals surface area contributed by atoms with Gasteiger partial charge in [-0.3, -0.25) is 0 Å². The second kappa shape index (κ2) is 8.77. The molecule has 138 valence electrons. The molecule has 1 fully saturated rings. The zero-order chi connectivity index (χ0) is 18.4. The van der Waals surface area contributed by atoms with Crippen LogP contribution in [0.1, 0.15) is 19.3 Å². The number of carbonyl (C=O) groups excluding carboxylic acids is 2. The average molecular weight is 432 g/mol. The van der Waals surface area contributed by atoms with Gasteiger partial charge >= 0.3 is 6.03 Å². The summed E-state index contributed by atoms with van der Waals surface area (Å²) in [6, 6.07) is 4.81. The molecular formula is C16H22BrN3O4S. The molecule has 7 nitrogen and oxygen atoms in total. The fraction of sp³-hybridized carbons (Fsp3) is 0.500. The molecule has 0 bridgehead atoms. The number of rotatable bonds is 7. The average Bonchev–Trinajstić information content (AvgIpc) is 3.02.